The number of fused-ring (bicyclic) bond motifs is 2. The van der Waals surface area contributed by atoms with Crippen LogP contribution in [0.2, 0.25) is 0 Å². The predicted molar refractivity (Wildman–Crippen MR) is 144 cm³/mol. The molecule has 1 aromatic rings. The highest BCUT2D eigenvalue weighted by atomic mass is 16.6. The van der Waals surface area contributed by atoms with E-state index in [2.05, 4.69) is 11.9 Å². The van der Waals surface area contributed by atoms with Crippen molar-refractivity contribution in [1.82, 2.24) is 4.90 Å². The Kier molecular flexibility index (Phi) is 6.32. The standard InChI is InChI=1S/C31H41NO9/c1-32-13-29(14-37-2)17(33)11-18(38-3)31-16-12-30(36)26(41-28(35)15-9-7-6-8-10-15)19(16)20(22(34)27(30)40-5)21(25(31)32)23(39-4)24(29)31/h6-10,16-21,23-27,33,36H,11-14H2,1-5H3. The first-order valence-corrected chi connectivity index (χ1v) is 14.6. The van der Waals surface area contributed by atoms with Crippen LogP contribution in [0.3, 0.4) is 0 Å². The zero-order valence-electron chi connectivity index (χ0n) is 24.3. The van der Waals surface area contributed by atoms with Crippen molar-refractivity contribution in [2.75, 3.05) is 48.6 Å². The van der Waals surface area contributed by atoms with Gasteiger partial charge in [-0.25, -0.2) is 4.79 Å². The summed E-state index contributed by atoms with van der Waals surface area (Å²) in [7, 11) is 8.50. The number of esters is 1. The number of aliphatic hydroxyl groups is 2. The van der Waals surface area contributed by atoms with E-state index in [1.807, 2.05) is 6.07 Å². The zero-order chi connectivity index (χ0) is 29.1. The molecule has 1 spiro atoms. The minimum absolute atomic E-state index is 0.0986. The molecule has 1 heterocycles. The number of ether oxygens (including phenoxy) is 5. The number of rotatable bonds is 7. The Hall–Kier alpha value is -1.92. The molecule has 10 nitrogen and oxygen atoms in total. The molecule has 6 fully saturated rings. The molecule has 0 radical (unpaired) electrons. The van der Waals surface area contributed by atoms with Crippen LogP contribution in [-0.2, 0) is 28.5 Å². The number of carbonyl (C=O) groups excluding carboxylic acids is 2. The quantitative estimate of drug-likeness (QED) is 0.454. The molecular weight excluding hydrogens is 530 g/mol. The molecule has 0 aromatic heterocycles. The van der Waals surface area contributed by atoms with Gasteiger partial charge in [0.2, 0.25) is 0 Å². The molecule has 224 valence electrons. The number of ketones is 1. The maximum atomic E-state index is 14.4. The van der Waals surface area contributed by atoms with Crippen LogP contribution in [-0.4, -0.2) is 118 Å². The van der Waals surface area contributed by atoms with Gasteiger partial charge < -0.3 is 38.8 Å². The van der Waals surface area contributed by atoms with Gasteiger partial charge in [0.15, 0.2) is 5.78 Å². The molecule has 0 amide bonds. The van der Waals surface area contributed by atoms with Crippen LogP contribution in [0, 0.1) is 40.4 Å². The highest BCUT2D eigenvalue weighted by Gasteiger charge is 2.87. The summed E-state index contributed by atoms with van der Waals surface area (Å²) < 4.78 is 30.5. The minimum atomic E-state index is -1.70. The lowest BCUT2D eigenvalue weighted by Crippen LogP contribution is -2.76. The third-order valence-corrected chi connectivity index (χ3v) is 12.2. The molecule has 6 aliphatic rings. The van der Waals surface area contributed by atoms with Crippen molar-refractivity contribution in [2.45, 2.75) is 55.0 Å². The van der Waals surface area contributed by atoms with Crippen molar-refractivity contribution in [3.05, 3.63) is 35.9 Å². The van der Waals surface area contributed by atoms with Crippen LogP contribution < -0.4 is 0 Å². The fourth-order valence-electron chi connectivity index (χ4n) is 11.6. The Morgan fingerprint density at radius 3 is 2.44 bits per heavy atom. The Morgan fingerprint density at radius 2 is 1.80 bits per heavy atom. The summed E-state index contributed by atoms with van der Waals surface area (Å²) in [4.78, 5) is 30.1. The Labute approximate surface area is 240 Å². The molecule has 1 aromatic carbocycles. The van der Waals surface area contributed by atoms with Gasteiger partial charge in [0.1, 0.15) is 17.8 Å². The molecular formula is C31H41NO9. The number of hydrogen-bond donors (Lipinski definition) is 2. The molecule has 7 bridgehead atoms. The summed E-state index contributed by atoms with van der Waals surface area (Å²) in [5, 5.41) is 24.2. The summed E-state index contributed by atoms with van der Waals surface area (Å²) >= 11 is 0. The number of carbonyl (C=O) groups is 2. The fraction of sp³-hybridized carbons (Fsp3) is 0.742. The Balaban J connectivity index is 1.44. The van der Waals surface area contributed by atoms with E-state index in [1.165, 1.54) is 7.11 Å². The van der Waals surface area contributed by atoms with Gasteiger partial charge in [-0.2, -0.15) is 0 Å². The maximum Gasteiger partial charge on any atom is 0.338 e. The number of methoxy groups -OCH3 is 4. The first-order valence-electron chi connectivity index (χ1n) is 14.6. The summed E-state index contributed by atoms with van der Waals surface area (Å²) in [5.74, 6) is -2.44. The van der Waals surface area contributed by atoms with Crippen LogP contribution >= 0.6 is 0 Å². The third kappa shape index (κ3) is 3.12. The largest absolute Gasteiger partial charge is 0.455 e. The van der Waals surface area contributed by atoms with Crippen LogP contribution in [0.4, 0.5) is 0 Å². The summed E-state index contributed by atoms with van der Waals surface area (Å²) in [6.45, 7) is 0.919. The number of Topliss-reactive ketones (excluding diaryl/α,β-unsaturated/α-hetero) is 1. The third-order valence-electron chi connectivity index (χ3n) is 12.2. The van der Waals surface area contributed by atoms with E-state index >= 15 is 0 Å². The highest BCUT2D eigenvalue weighted by molar-refractivity contribution is 5.92. The zero-order valence-corrected chi connectivity index (χ0v) is 24.3. The molecule has 5 aliphatic carbocycles. The first kappa shape index (κ1) is 27.9. The van der Waals surface area contributed by atoms with Crippen LogP contribution in [0.25, 0.3) is 0 Å². The maximum absolute atomic E-state index is 14.4. The second-order valence-electron chi connectivity index (χ2n) is 13.4. The second kappa shape index (κ2) is 9.29. The molecule has 1 aliphatic heterocycles. The molecule has 41 heavy (non-hydrogen) atoms. The highest BCUT2D eigenvalue weighted by Crippen LogP contribution is 2.78. The Bertz CT molecular complexity index is 1230. The lowest BCUT2D eigenvalue weighted by atomic mass is 9.43. The number of nitrogens with zero attached hydrogens (tertiary/aromatic N) is 1. The van der Waals surface area contributed by atoms with Gasteiger partial charge in [-0.1, -0.05) is 18.2 Å². The molecule has 2 N–H and O–H groups in total. The van der Waals surface area contributed by atoms with Crippen LogP contribution in [0.1, 0.15) is 23.2 Å². The van der Waals surface area contributed by atoms with Crippen molar-refractivity contribution in [2.24, 2.45) is 40.4 Å². The number of aliphatic hydroxyl groups excluding tert-OH is 1. The number of benzene rings is 1. The molecule has 14 unspecified atom stereocenters. The fourth-order valence-corrected chi connectivity index (χ4v) is 11.6. The lowest BCUT2D eigenvalue weighted by Gasteiger charge is -2.68. The normalized spacial score (nSPS) is 51.1. The summed E-state index contributed by atoms with van der Waals surface area (Å²) in [6.07, 6.45) is -2.91. The number of hydrogen-bond acceptors (Lipinski definition) is 10. The predicted octanol–water partition coefficient (Wildman–Crippen LogP) is 0.781. The molecule has 7 rings (SSSR count). The molecule has 10 heteroatoms. The van der Waals surface area contributed by atoms with E-state index < -0.39 is 52.5 Å². The average molecular weight is 572 g/mol. The van der Waals surface area contributed by atoms with Gasteiger partial charge in [-0.05, 0) is 31.5 Å². The molecule has 1 saturated heterocycles. The van der Waals surface area contributed by atoms with E-state index in [0.29, 0.717) is 25.1 Å². The van der Waals surface area contributed by atoms with Crippen molar-refractivity contribution in [3.8, 4) is 0 Å². The van der Waals surface area contributed by atoms with E-state index in [0.717, 1.165) is 0 Å². The van der Waals surface area contributed by atoms with Crippen molar-refractivity contribution in [1.29, 1.82) is 0 Å². The minimum Gasteiger partial charge on any atom is -0.455 e. The average Bonchev–Trinajstić information content (AvgIpc) is 3.32. The van der Waals surface area contributed by atoms with Gasteiger partial charge in [-0.15, -0.1) is 0 Å². The van der Waals surface area contributed by atoms with Gasteiger partial charge >= 0.3 is 5.97 Å². The van der Waals surface area contributed by atoms with Crippen molar-refractivity contribution in [3.63, 3.8) is 0 Å². The molecule has 14 atom stereocenters. The van der Waals surface area contributed by atoms with Crippen LogP contribution in [0.15, 0.2) is 30.3 Å². The van der Waals surface area contributed by atoms with E-state index in [-0.39, 0.29) is 48.2 Å². The second-order valence-corrected chi connectivity index (χ2v) is 13.4. The molecule has 5 saturated carbocycles. The Morgan fingerprint density at radius 1 is 1.07 bits per heavy atom. The van der Waals surface area contributed by atoms with Gasteiger partial charge in [0, 0.05) is 81.9 Å². The smallest absolute Gasteiger partial charge is 0.338 e. The van der Waals surface area contributed by atoms with E-state index in [9.17, 15) is 19.8 Å². The topological polar surface area (TPSA) is 124 Å². The SMILES string of the molecule is COCC12CN(C)C3C4C(OC)C1C3(C(OC)CC2O)C1CC2(O)C(OC)C(=O)C4C1C2OC(=O)c1ccccc1. The van der Waals surface area contributed by atoms with E-state index in [1.54, 1.807) is 45.6 Å². The number of likely N-dealkylation sites (tertiary alicyclic amines) is 1. The number of piperidine rings is 1. The monoisotopic (exact) mass is 571 g/mol. The summed E-state index contributed by atoms with van der Waals surface area (Å²) in [5.41, 5.74) is -2.57. The van der Waals surface area contributed by atoms with Crippen LogP contribution in [0.5, 0.6) is 0 Å². The van der Waals surface area contributed by atoms with Gasteiger partial charge in [-0.3, -0.25) is 4.79 Å². The summed E-state index contributed by atoms with van der Waals surface area (Å²) in [6, 6.07) is 8.62. The van der Waals surface area contributed by atoms with Crippen molar-refractivity contribution >= 4 is 11.8 Å². The first-order chi connectivity index (χ1) is 19.7. The van der Waals surface area contributed by atoms with Gasteiger partial charge in [0.05, 0.1) is 30.5 Å². The van der Waals surface area contributed by atoms with E-state index in [4.69, 9.17) is 23.7 Å². The van der Waals surface area contributed by atoms with Gasteiger partial charge in [0.25, 0.3) is 0 Å². The van der Waals surface area contributed by atoms with Crippen molar-refractivity contribution < 1.29 is 43.5 Å². The lowest BCUT2D eigenvalue weighted by molar-refractivity contribution is -0.277.